The van der Waals surface area contributed by atoms with Crippen molar-refractivity contribution in [1.29, 1.82) is 0 Å². The first-order chi connectivity index (χ1) is 10.2. The molecule has 1 fully saturated rings. The number of benzene rings is 1. The van der Waals surface area contributed by atoms with Gasteiger partial charge in [-0.05, 0) is 43.9 Å². The third-order valence-electron chi connectivity index (χ3n) is 3.89. The summed E-state index contributed by atoms with van der Waals surface area (Å²) < 4.78 is 0. The Bertz CT molecular complexity index is 562. The molecule has 0 spiro atoms. The Balaban J connectivity index is 0.000000541. The molecule has 5 heteroatoms. The second kappa shape index (κ2) is 7.73. The molecule has 0 aliphatic heterocycles. The maximum absolute atomic E-state index is 12.2. The van der Waals surface area contributed by atoms with E-state index in [4.69, 9.17) is 15.0 Å². The molecule has 1 saturated carbocycles. The third kappa shape index (κ3) is 5.31. The van der Waals surface area contributed by atoms with E-state index in [1.807, 2.05) is 0 Å². The van der Waals surface area contributed by atoms with E-state index >= 15 is 0 Å². The SMILES string of the molecule is Cc1cc(C)c(CC(=O)C2CCC(=O)C2)c(C)c1.O=C(O)O. The lowest BCUT2D eigenvalue weighted by molar-refractivity contribution is -0.124. The molecular weight excluding hydrogens is 284 g/mol. The Morgan fingerprint density at radius 1 is 1.14 bits per heavy atom. The van der Waals surface area contributed by atoms with E-state index in [1.54, 1.807) is 0 Å². The van der Waals surface area contributed by atoms with E-state index in [0.717, 1.165) is 12.0 Å². The lowest BCUT2D eigenvalue weighted by Crippen LogP contribution is -2.15. The topological polar surface area (TPSA) is 91.7 Å². The van der Waals surface area contributed by atoms with Gasteiger partial charge in [-0.25, -0.2) is 4.79 Å². The molecule has 1 aliphatic carbocycles. The van der Waals surface area contributed by atoms with Gasteiger partial charge in [0.2, 0.25) is 0 Å². The van der Waals surface area contributed by atoms with E-state index in [-0.39, 0.29) is 17.5 Å². The predicted octanol–water partition coefficient (Wildman–Crippen LogP) is 3.32. The molecule has 22 heavy (non-hydrogen) atoms. The monoisotopic (exact) mass is 306 g/mol. The molecule has 0 amide bonds. The normalized spacial score (nSPS) is 16.9. The first-order valence-corrected chi connectivity index (χ1v) is 7.23. The number of Topliss-reactive ketones (excluding diaryl/α,β-unsaturated/α-hetero) is 2. The van der Waals surface area contributed by atoms with Gasteiger partial charge in [-0.1, -0.05) is 17.7 Å². The summed E-state index contributed by atoms with van der Waals surface area (Å²) in [6, 6.07) is 4.24. The van der Waals surface area contributed by atoms with Gasteiger partial charge in [0.1, 0.15) is 11.6 Å². The van der Waals surface area contributed by atoms with Crippen LogP contribution in [0.5, 0.6) is 0 Å². The fourth-order valence-corrected chi connectivity index (χ4v) is 2.90. The van der Waals surface area contributed by atoms with Crippen LogP contribution in [0, 0.1) is 26.7 Å². The van der Waals surface area contributed by atoms with E-state index in [1.165, 1.54) is 16.7 Å². The molecule has 1 atom stereocenters. The number of carboxylic acid groups (broad SMARTS) is 2. The minimum atomic E-state index is -1.83. The Morgan fingerprint density at radius 2 is 1.64 bits per heavy atom. The number of carbonyl (C=O) groups is 3. The molecule has 5 nitrogen and oxygen atoms in total. The summed E-state index contributed by atoms with van der Waals surface area (Å²) in [5.74, 6) is 0.444. The van der Waals surface area contributed by atoms with Gasteiger partial charge in [-0.3, -0.25) is 9.59 Å². The number of aryl methyl sites for hydroxylation is 3. The Morgan fingerprint density at radius 3 is 2.05 bits per heavy atom. The molecule has 0 heterocycles. The van der Waals surface area contributed by atoms with Crippen LogP contribution in [0.3, 0.4) is 0 Å². The molecule has 1 aromatic carbocycles. The molecule has 1 unspecified atom stereocenters. The van der Waals surface area contributed by atoms with Crippen molar-refractivity contribution in [3.63, 3.8) is 0 Å². The molecule has 2 N–H and O–H groups in total. The Hall–Kier alpha value is -2.17. The summed E-state index contributed by atoms with van der Waals surface area (Å²) in [4.78, 5) is 32.0. The second-order valence-corrected chi connectivity index (χ2v) is 5.78. The predicted molar refractivity (Wildman–Crippen MR) is 82.4 cm³/mol. The Kier molecular flexibility index (Phi) is 6.28. The van der Waals surface area contributed by atoms with Gasteiger partial charge in [0, 0.05) is 25.2 Å². The van der Waals surface area contributed by atoms with Crippen LogP contribution >= 0.6 is 0 Å². The Labute approximate surface area is 130 Å². The minimum absolute atomic E-state index is 0.0300. The summed E-state index contributed by atoms with van der Waals surface area (Å²) in [5, 5.41) is 13.9. The molecule has 1 aliphatic rings. The molecule has 0 radical (unpaired) electrons. The maximum Gasteiger partial charge on any atom is 0.503 e. The van der Waals surface area contributed by atoms with Crippen molar-refractivity contribution in [3.05, 3.63) is 34.4 Å². The number of ketones is 2. The van der Waals surface area contributed by atoms with Crippen LogP contribution in [-0.2, 0) is 16.0 Å². The van der Waals surface area contributed by atoms with Crippen molar-refractivity contribution in [1.82, 2.24) is 0 Å². The highest BCUT2D eigenvalue weighted by Gasteiger charge is 2.28. The zero-order chi connectivity index (χ0) is 16.9. The summed E-state index contributed by atoms with van der Waals surface area (Å²) in [5.41, 5.74) is 4.75. The first-order valence-electron chi connectivity index (χ1n) is 7.23. The third-order valence-corrected chi connectivity index (χ3v) is 3.89. The fourth-order valence-electron chi connectivity index (χ4n) is 2.90. The van der Waals surface area contributed by atoms with Crippen LogP contribution in [0.1, 0.15) is 41.5 Å². The summed E-state index contributed by atoms with van der Waals surface area (Å²) in [6.45, 7) is 6.19. The van der Waals surface area contributed by atoms with Crippen LogP contribution < -0.4 is 0 Å². The minimum Gasteiger partial charge on any atom is -0.450 e. The van der Waals surface area contributed by atoms with Crippen molar-refractivity contribution in [2.45, 2.75) is 46.5 Å². The average Bonchev–Trinajstić information content (AvgIpc) is 2.79. The summed E-state index contributed by atoms with van der Waals surface area (Å²) in [6.07, 6.45) is 0.447. The van der Waals surface area contributed by atoms with E-state index < -0.39 is 6.16 Å². The second-order valence-electron chi connectivity index (χ2n) is 5.78. The van der Waals surface area contributed by atoms with Crippen LogP contribution in [0.4, 0.5) is 4.79 Å². The zero-order valence-corrected chi connectivity index (χ0v) is 13.2. The van der Waals surface area contributed by atoms with Gasteiger partial charge < -0.3 is 10.2 Å². The molecule has 1 aromatic rings. The fraction of sp³-hybridized carbons (Fsp3) is 0.471. The van der Waals surface area contributed by atoms with Crippen molar-refractivity contribution >= 4 is 17.7 Å². The zero-order valence-electron chi connectivity index (χ0n) is 13.2. The average molecular weight is 306 g/mol. The summed E-state index contributed by atoms with van der Waals surface area (Å²) in [7, 11) is 0. The largest absolute Gasteiger partial charge is 0.503 e. The quantitative estimate of drug-likeness (QED) is 0.893. The van der Waals surface area contributed by atoms with Crippen molar-refractivity contribution in [2.75, 3.05) is 0 Å². The number of rotatable bonds is 3. The van der Waals surface area contributed by atoms with Gasteiger partial charge >= 0.3 is 6.16 Å². The number of carbonyl (C=O) groups excluding carboxylic acids is 2. The number of hydrogen-bond acceptors (Lipinski definition) is 3. The molecule has 0 aromatic heterocycles. The first kappa shape index (κ1) is 17.9. The van der Waals surface area contributed by atoms with Gasteiger partial charge in [0.25, 0.3) is 0 Å². The van der Waals surface area contributed by atoms with E-state index in [2.05, 4.69) is 32.9 Å². The van der Waals surface area contributed by atoms with E-state index in [0.29, 0.717) is 19.3 Å². The van der Waals surface area contributed by atoms with Gasteiger partial charge in [-0.15, -0.1) is 0 Å². The molecular formula is C17H22O5. The number of hydrogen-bond donors (Lipinski definition) is 2. The lowest BCUT2D eigenvalue weighted by Gasteiger charge is -2.13. The molecule has 0 saturated heterocycles. The maximum atomic E-state index is 12.2. The van der Waals surface area contributed by atoms with Crippen LogP contribution in [0.2, 0.25) is 0 Å². The van der Waals surface area contributed by atoms with Gasteiger partial charge in [0.15, 0.2) is 0 Å². The van der Waals surface area contributed by atoms with Crippen LogP contribution in [0.15, 0.2) is 12.1 Å². The van der Waals surface area contributed by atoms with Gasteiger partial charge in [0.05, 0.1) is 0 Å². The van der Waals surface area contributed by atoms with Gasteiger partial charge in [-0.2, -0.15) is 0 Å². The highest BCUT2D eigenvalue weighted by atomic mass is 16.6. The van der Waals surface area contributed by atoms with Crippen molar-refractivity contribution < 1.29 is 24.6 Å². The lowest BCUT2D eigenvalue weighted by atomic mass is 9.91. The summed E-state index contributed by atoms with van der Waals surface area (Å²) >= 11 is 0. The highest BCUT2D eigenvalue weighted by molar-refractivity contribution is 5.92. The van der Waals surface area contributed by atoms with Crippen LogP contribution in [-0.4, -0.2) is 27.9 Å². The molecule has 120 valence electrons. The standard InChI is InChI=1S/C16H20O2.CH2O3/c1-10-6-11(2)15(12(3)7-10)9-16(18)13-4-5-14(17)8-13;2-1(3)4/h6-7,13H,4-5,8-9H2,1-3H3;(H2,2,3,4). The molecule has 0 bridgehead atoms. The molecule has 2 rings (SSSR count). The van der Waals surface area contributed by atoms with Crippen molar-refractivity contribution in [3.8, 4) is 0 Å². The van der Waals surface area contributed by atoms with E-state index in [9.17, 15) is 9.59 Å². The van der Waals surface area contributed by atoms with Crippen molar-refractivity contribution in [2.24, 2.45) is 5.92 Å². The smallest absolute Gasteiger partial charge is 0.450 e. The van der Waals surface area contributed by atoms with Crippen LogP contribution in [0.25, 0.3) is 0 Å². The highest BCUT2D eigenvalue weighted by Crippen LogP contribution is 2.26.